The largest absolute Gasteiger partial charge is 0.495 e. The highest BCUT2D eigenvalue weighted by molar-refractivity contribution is 6.31. The third-order valence-corrected chi connectivity index (χ3v) is 3.42. The van der Waals surface area contributed by atoms with Crippen LogP contribution in [0.2, 0.25) is 5.02 Å². The number of amides is 1. The van der Waals surface area contributed by atoms with Crippen LogP contribution in [0.1, 0.15) is 39.5 Å². The molecular formula is C15H22ClNO2. The average molecular weight is 284 g/mol. The smallest absolute Gasteiger partial charge is 0.227 e. The van der Waals surface area contributed by atoms with Crippen LogP contribution in [-0.4, -0.2) is 13.0 Å². The van der Waals surface area contributed by atoms with Gasteiger partial charge >= 0.3 is 0 Å². The molecule has 1 aromatic carbocycles. The molecule has 1 rings (SSSR count). The van der Waals surface area contributed by atoms with Gasteiger partial charge in [-0.05, 0) is 31.0 Å². The molecule has 1 N–H and O–H groups in total. The van der Waals surface area contributed by atoms with Gasteiger partial charge in [-0.1, -0.05) is 38.3 Å². The number of methoxy groups -OCH3 is 1. The number of carbonyl (C=O) groups excluding carboxylic acids is 1. The van der Waals surface area contributed by atoms with Crippen molar-refractivity contribution in [2.24, 2.45) is 5.92 Å². The van der Waals surface area contributed by atoms with Crippen LogP contribution in [0.4, 0.5) is 5.69 Å². The summed E-state index contributed by atoms with van der Waals surface area (Å²) in [6.07, 6.45) is 3.93. The lowest BCUT2D eigenvalue weighted by Crippen LogP contribution is -2.22. The van der Waals surface area contributed by atoms with Gasteiger partial charge in [0.25, 0.3) is 0 Å². The van der Waals surface area contributed by atoms with Gasteiger partial charge in [0, 0.05) is 10.9 Å². The Morgan fingerprint density at radius 1 is 1.42 bits per heavy atom. The Labute approximate surface area is 120 Å². The first-order valence-electron chi connectivity index (χ1n) is 6.76. The molecule has 0 aliphatic carbocycles. The fraction of sp³-hybridized carbons (Fsp3) is 0.533. The maximum atomic E-state index is 12.2. The second-order valence-electron chi connectivity index (χ2n) is 4.58. The molecule has 4 heteroatoms. The van der Waals surface area contributed by atoms with Crippen molar-refractivity contribution in [2.45, 2.75) is 39.5 Å². The van der Waals surface area contributed by atoms with E-state index < -0.39 is 0 Å². The molecule has 0 bridgehead atoms. The summed E-state index contributed by atoms with van der Waals surface area (Å²) in [7, 11) is 1.58. The third-order valence-electron chi connectivity index (χ3n) is 3.19. The minimum Gasteiger partial charge on any atom is -0.495 e. The number of ether oxygens (including phenoxy) is 1. The molecule has 0 aromatic heterocycles. The average Bonchev–Trinajstić information content (AvgIpc) is 2.40. The zero-order valence-electron chi connectivity index (χ0n) is 11.8. The molecule has 0 spiro atoms. The van der Waals surface area contributed by atoms with Crippen LogP contribution in [0.15, 0.2) is 18.2 Å². The van der Waals surface area contributed by atoms with Gasteiger partial charge in [0.2, 0.25) is 5.91 Å². The van der Waals surface area contributed by atoms with Gasteiger partial charge in [-0.3, -0.25) is 4.79 Å². The zero-order chi connectivity index (χ0) is 14.3. The van der Waals surface area contributed by atoms with Crippen LogP contribution < -0.4 is 10.1 Å². The first-order valence-corrected chi connectivity index (χ1v) is 7.14. The number of hydrogen-bond acceptors (Lipinski definition) is 2. The maximum Gasteiger partial charge on any atom is 0.227 e. The van der Waals surface area contributed by atoms with Crippen molar-refractivity contribution < 1.29 is 9.53 Å². The summed E-state index contributed by atoms with van der Waals surface area (Å²) in [4.78, 5) is 12.2. The molecule has 0 aliphatic rings. The molecule has 0 saturated carbocycles. The van der Waals surface area contributed by atoms with Gasteiger partial charge < -0.3 is 10.1 Å². The minimum absolute atomic E-state index is 0.0384. The van der Waals surface area contributed by atoms with Gasteiger partial charge in [0.1, 0.15) is 5.75 Å². The summed E-state index contributed by atoms with van der Waals surface area (Å²) in [5.41, 5.74) is 0.634. The molecule has 0 heterocycles. The highest BCUT2D eigenvalue weighted by Gasteiger charge is 2.17. The number of anilines is 1. The summed E-state index contributed by atoms with van der Waals surface area (Å²) in [5, 5.41) is 3.50. The number of hydrogen-bond donors (Lipinski definition) is 1. The number of nitrogens with one attached hydrogen (secondary N) is 1. The first kappa shape index (κ1) is 15.8. The monoisotopic (exact) mass is 283 g/mol. The van der Waals surface area contributed by atoms with E-state index in [1.807, 2.05) is 6.92 Å². The molecular weight excluding hydrogens is 262 g/mol. The molecule has 3 nitrogen and oxygen atoms in total. The number of unbranched alkanes of at least 4 members (excludes halogenated alkanes) is 1. The first-order chi connectivity index (χ1) is 9.12. The topological polar surface area (TPSA) is 38.3 Å². The van der Waals surface area contributed by atoms with E-state index in [0.717, 1.165) is 25.7 Å². The van der Waals surface area contributed by atoms with Crippen molar-refractivity contribution in [3.63, 3.8) is 0 Å². The van der Waals surface area contributed by atoms with Crippen molar-refractivity contribution >= 4 is 23.2 Å². The van der Waals surface area contributed by atoms with E-state index >= 15 is 0 Å². The van der Waals surface area contributed by atoms with Crippen LogP contribution in [-0.2, 0) is 4.79 Å². The SMILES string of the molecule is CCCC[C@@H](CC)C(=O)Nc1cc(Cl)ccc1OC. The minimum atomic E-state index is 0.0384. The Kier molecular flexibility index (Phi) is 6.71. The second kappa shape index (κ2) is 8.05. The highest BCUT2D eigenvalue weighted by atomic mass is 35.5. The lowest BCUT2D eigenvalue weighted by molar-refractivity contribution is -0.120. The molecule has 0 unspecified atom stereocenters. The lowest BCUT2D eigenvalue weighted by Gasteiger charge is -2.16. The van der Waals surface area contributed by atoms with Crippen LogP contribution in [0, 0.1) is 5.92 Å². The van der Waals surface area contributed by atoms with Gasteiger partial charge in [0.05, 0.1) is 12.8 Å². The molecule has 0 aliphatic heterocycles. The molecule has 19 heavy (non-hydrogen) atoms. The van der Waals surface area contributed by atoms with E-state index in [2.05, 4.69) is 12.2 Å². The van der Waals surface area contributed by atoms with Gasteiger partial charge in [0.15, 0.2) is 0 Å². The Hall–Kier alpha value is -1.22. The van der Waals surface area contributed by atoms with Crippen LogP contribution in [0.3, 0.4) is 0 Å². The predicted octanol–water partition coefficient (Wildman–Crippen LogP) is 4.50. The Morgan fingerprint density at radius 3 is 2.74 bits per heavy atom. The van der Waals surface area contributed by atoms with Crippen LogP contribution >= 0.6 is 11.6 Å². The van der Waals surface area contributed by atoms with E-state index in [9.17, 15) is 4.79 Å². The molecule has 0 fully saturated rings. The standard InChI is InChI=1S/C15H22ClNO2/c1-4-6-7-11(5-2)15(18)17-13-10-12(16)8-9-14(13)19-3/h8-11H,4-7H2,1-3H3,(H,17,18)/t11-/m1/s1. The molecule has 106 valence electrons. The van der Waals surface area contributed by atoms with Crippen molar-refractivity contribution in [3.05, 3.63) is 23.2 Å². The Balaban J connectivity index is 2.77. The van der Waals surface area contributed by atoms with E-state index in [-0.39, 0.29) is 11.8 Å². The number of rotatable bonds is 7. The summed E-state index contributed by atoms with van der Waals surface area (Å²) in [6, 6.07) is 5.21. The third kappa shape index (κ3) is 4.75. The molecule has 0 saturated heterocycles. The maximum absolute atomic E-state index is 12.2. The van der Waals surface area contributed by atoms with Gasteiger partial charge in [-0.2, -0.15) is 0 Å². The van der Waals surface area contributed by atoms with Gasteiger partial charge in [-0.25, -0.2) is 0 Å². The summed E-state index contributed by atoms with van der Waals surface area (Å²) >= 11 is 5.95. The quantitative estimate of drug-likeness (QED) is 0.800. The lowest BCUT2D eigenvalue weighted by atomic mass is 9.98. The fourth-order valence-electron chi connectivity index (χ4n) is 1.98. The molecule has 1 amide bonds. The number of benzene rings is 1. The second-order valence-corrected chi connectivity index (χ2v) is 5.02. The predicted molar refractivity (Wildman–Crippen MR) is 79.9 cm³/mol. The van der Waals surface area contributed by atoms with Crippen molar-refractivity contribution in [1.29, 1.82) is 0 Å². The van der Waals surface area contributed by atoms with Crippen molar-refractivity contribution in [2.75, 3.05) is 12.4 Å². The highest BCUT2D eigenvalue weighted by Crippen LogP contribution is 2.28. The molecule has 0 radical (unpaired) electrons. The summed E-state index contributed by atoms with van der Waals surface area (Å²) in [5.74, 6) is 0.711. The van der Waals surface area contributed by atoms with Crippen molar-refractivity contribution in [3.8, 4) is 5.75 Å². The molecule has 1 atom stereocenters. The number of halogens is 1. The fourth-order valence-corrected chi connectivity index (χ4v) is 2.16. The van der Waals surface area contributed by atoms with Crippen molar-refractivity contribution in [1.82, 2.24) is 0 Å². The van der Waals surface area contributed by atoms with E-state index in [1.54, 1.807) is 25.3 Å². The van der Waals surface area contributed by atoms with E-state index in [1.165, 1.54) is 0 Å². The summed E-state index contributed by atoms with van der Waals surface area (Å²) in [6.45, 7) is 4.17. The molecule has 1 aromatic rings. The Bertz CT molecular complexity index is 421. The Morgan fingerprint density at radius 2 is 2.16 bits per heavy atom. The van der Waals surface area contributed by atoms with E-state index in [4.69, 9.17) is 16.3 Å². The normalized spacial score (nSPS) is 12.0. The van der Waals surface area contributed by atoms with Gasteiger partial charge in [-0.15, -0.1) is 0 Å². The summed E-state index contributed by atoms with van der Waals surface area (Å²) < 4.78 is 5.22. The van der Waals surface area contributed by atoms with Crippen LogP contribution in [0.5, 0.6) is 5.75 Å². The van der Waals surface area contributed by atoms with E-state index in [0.29, 0.717) is 16.5 Å². The number of carbonyl (C=O) groups is 1. The van der Waals surface area contributed by atoms with Crippen LogP contribution in [0.25, 0.3) is 0 Å². The zero-order valence-corrected chi connectivity index (χ0v) is 12.6.